The largest absolute Gasteiger partial charge is 0.383 e. The molecular weight excluding hydrogens is 250 g/mol. The summed E-state index contributed by atoms with van der Waals surface area (Å²) >= 11 is 0. The van der Waals surface area contributed by atoms with Crippen molar-refractivity contribution in [1.82, 2.24) is 4.98 Å². The molecule has 0 spiro atoms. The number of hydrogen-bond donors (Lipinski definition) is 1. The first kappa shape index (κ1) is 16.9. The van der Waals surface area contributed by atoms with Crippen LogP contribution in [0.1, 0.15) is 44.9 Å². The Morgan fingerprint density at radius 2 is 2.10 bits per heavy atom. The number of rotatable bonds is 9. The Labute approximate surface area is 123 Å². The first-order valence-electron chi connectivity index (χ1n) is 7.61. The maximum absolute atomic E-state index is 5.82. The molecule has 1 atom stereocenters. The molecule has 0 radical (unpaired) electrons. The molecule has 0 aliphatic rings. The Hall–Kier alpha value is -1.13. The van der Waals surface area contributed by atoms with Crippen molar-refractivity contribution in [3.63, 3.8) is 0 Å². The van der Waals surface area contributed by atoms with Crippen LogP contribution in [0.3, 0.4) is 0 Å². The van der Waals surface area contributed by atoms with Crippen LogP contribution >= 0.6 is 0 Å². The molecule has 0 aliphatic heterocycles. The lowest BCUT2D eigenvalue weighted by molar-refractivity contribution is 0.203. The molecule has 20 heavy (non-hydrogen) atoms. The third-order valence-electron chi connectivity index (χ3n) is 3.62. The van der Waals surface area contributed by atoms with Crippen LogP contribution in [0.2, 0.25) is 0 Å². The van der Waals surface area contributed by atoms with Gasteiger partial charge in [0.1, 0.15) is 5.82 Å². The monoisotopic (exact) mass is 279 g/mol. The number of methoxy groups -OCH3 is 1. The zero-order chi connectivity index (χ0) is 15.0. The lowest BCUT2D eigenvalue weighted by Gasteiger charge is -2.30. The minimum absolute atomic E-state index is 0.445. The smallest absolute Gasteiger partial charge is 0.129 e. The normalized spacial score (nSPS) is 12.4. The third-order valence-corrected chi connectivity index (χ3v) is 3.62. The van der Waals surface area contributed by atoms with Gasteiger partial charge in [0, 0.05) is 31.9 Å². The van der Waals surface area contributed by atoms with Crippen molar-refractivity contribution in [1.29, 1.82) is 0 Å². The summed E-state index contributed by atoms with van der Waals surface area (Å²) in [6.07, 6.45) is 3.18. The summed E-state index contributed by atoms with van der Waals surface area (Å²) in [5.74, 6) is 1.03. The van der Waals surface area contributed by atoms with Gasteiger partial charge in [-0.1, -0.05) is 20.3 Å². The van der Waals surface area contributed by atoms with Crippen LogP contribution in [0.5, 0.6) is 0 Å². The number of aryl methyl sites for hydroxylation is 1. The molecule has 0 amide bonds. The molecule has 1 rings (SSSR count). The molecule has 0 bridgehead atoms. The highest BCUT2D eigenvalue weighted by Crippen LogP contribution is 2.19. The topological polar surface area (TPSA) is 51.4 Å². The summed E-state index contributed by atoms with van der Waals surface area (Å²) in [4.78, 5) is 7.13. The number of hydrogen-bond acceptors (Lipinski definition) is 4. The molecule has 1 aromatic rings. The number of ether oxygens (including phenoxy) is 1. The van der Waals surface area contributed by atoms with E-state index < -0.39 is 0 Å². The quantitative estimate of drug-likeness (QED) is 0.755. The second kappa shape index (κ2) is 8.93. The van der Waals surface area contributed by atoms with Crippen molar-refractivity contribution in [2.24, 2.45) is 5.73 Å². The maximum atomic E-state index is 5.82. The Morgan fingerprint density at radius 3 is 2.65 bits per heavy atom. The zero-order valence-electron chi connectivity index (χ0n) is 13.4. The van der Waals surface area contributed by atoms with Gasteiger partial charge < -0.3 is 15.4 Å². The van der Waals surface area contributed by atoms with Gasteiger partial charge in [-0.25, -0.2) is 4.98 Å². The molecule has 4 heteroatoms. The van der Waals surface area contributed by atoms with Crippen LogP contribution in [0, 0.1) is 0 Å². The summed E-state index contributed by atoms with van der Waals surface area (Å²) in [6, 6.07) is 4.68. The van der Waals surface area contributed by atoms with Gasteiger partial charge in [-0.05, 0) is 37.5 Å². The molecule has 1 aromatic heterocycles. The summed E-state index contributed by atoms with van der Waals surface area (Å²) < 4.78 is 5.23. The predicted molar refractivity (Wildman–Crippen MR) is 85.1 cm³/mol. The number of aromatic nitrogens is 1. The standard InChI is InChI=1S/C16H29N3O/c1-5-7-15-10-14(12-17)11-16(18-15)19(8-9-20-4)13(3)6-2/h10-11,13H,5-9,12,17H2,1-4H3. The van der Waals surface area contributed by atoms with Crippen LogP contribution in [-0.4, -0.2) is 31.3 Å². The first-order valence-corrected chi connectivity index (χ1v) is 7.61. The summed E-state index contributed by atoms with van der Waals surface area (Å²) in [5, 5.41) is 0. The molecule has 1 unspecified atom stereocenters. The van der Waals surface area contributed by atoms with Crippen molar-refractivity contribution in [3.8, 4) is 0 Å². The number of pyridine rings is 1. The lowest BCUT2D eigenvalue weighted by Crippen LogP contribution is -2.36. The molecule has 114 valence electrons. The van der Waals surface area contributed by atoms with E-state index in [0.717, 1.165) is 42.9 Å². The van der Waals surface area contributed by atoms with Crippen molar-refractivity contribution in [2.75, 3.05) is 25.2 Å². The van der Waals surface area contributed by atoms with Gasteiger partial charge in [-0.2, -0.15) is 0 Å². The zero-order valence-corrected chi connectivity index (χ0v) is 13.4. The van der Waals surface area contributed by atoms with Crippen LogP contribution in [0.15, 0.2) is 12.1 Å². The van der Waals surface area contributed by atoms with Crippen molar-refractivity contribution < 1.29 is 4.74 Å². The highest BCUT2D eigenvalue weighted by Gasteiger charge is 2.15. The van der Waals surface area contributed by atoms with E-state index in [9.17, 15) is 0 Å². The van der Waals surface area contributed by atoms with Crippen LogP contribution in [0.4, 0.5) is 5.82 Å². The van der Waals surface area contributed by atoms with E-state index in [-0.39, 0.29) is 0 Å². The number of anilines is 1. The molecule has 0 aliphatic carbocycles. The van der Waals surface area contributed by atoms with Gasteiger partial charge >= 0.3 is 0 Å². The molecule has 4 nitrogen and oxygen atoms in total. The van der Waals surface area contributed by atoms with E-state index in [4.69, 9.17) is 15.5 Å². The van der Waals surface area contributed by atoms with Gasteiger partial charge in [0.2, 0.25) is 0 Å². The number of nitrogens with zero attached hydrogens (tertiary/aromatic N) is 2. The first-order chi connectivity index (χ1) is 9.65. The molecule has 0 fully saturated rings. The van der Waals surface area contributed by atoms with E-state index in [1.807, 2.05) is 0 Å². The lowest BCUT2D eigenvalue weighted by atomic mass is 10.1. The minimum atomic E-state index is 0.445. The van der Waals surface area contributed by atoms with Gasteiger partial charge in [-0.15, -0.1) is 0 Å². The number of nitrogens with two attached hydrogens (primary N) is 1. The van der Waals surface area contributed by atoms with Crippen molar-refractivity contribution >= 4 is 5.82 Å². The van der Waals surface area contributed by atoms with Crippen LogP contribution in [0.25, 0.3) is 0 Å². The van der Waals surface area contributed by atoms with Gasteiger partial charge in [0.05, 0.1) is 6.61 Å². The Morgan fingerprint density at radius 1 is 1.35 bits per heavy atom. The second-order valence-corrected chi connectivity index (χ2v) is 5.22. The molecule has 0 aromatic carbocycles. The van der Waals surface area contributed by atoms with Crippen LogP contribution in [-0.2, 0) is 17.7 Å². The highest BCUT2D eigenvalue weighted by atomic mass is 16.5. The van der Waals surface area contributed by atoms with Gasteiger partial charge in [-0.3, -0.25) is 0 Å². The molecule has 0 saturated heterocycles. The fourth-order valence-electron chi connectivity index (χ4n) is 2.25. The SMILES string of the molecule is CCCc1cc(CN)cc(N(CCOC)C(C)CC)n1. The molecular formula is C16H29N3O. The molecule has 0 saturated carbocycles. The summed E-state index contributed by atoms with van der Waals surface area (Å²) in [5.41, 5.74) is 8.11. The Balaban J connectivity index is 3.06. The van der Waals surface area contributed by atoms with E-state index in [2.05, 4.69) is 37.8 Å². The second-order valence-electron chi connectivity index (χ2n) is 5.22. The fraction of sp³-hybridized carbons (Fsp3) is 0.688. The maximum Gasteiger partial charge on any atom is 0.129 e. The molecule has 2 N–H and O–H groups in total. The average Bonchev–Trinajstić information content (AvgIpc) is 2.47. The predicted octanol–water partition coefficient (Wildman–Crippen LogP) is 2.74. The van der Waals surface area contributed by atoms with E-state index in [0.29, 0.717) is 19.2 Å². The van der Waals surface area contributed by atoms with Crippen molar-refractivity contribution in [3.05, 3.63) is 23.4 Å². The Bertz CT molecular complexity index is 395. The Kier molecular flexibility index (Phi) is 7.55. The third kappa shape index (κ3) is 4.76. The summed E-state index contributed by atoms with van der Waals surface area (Å²) in [6.45, 7) is 8.73. The van der Waals surface area contributed by atoms with Crippen LogP contribution < -0.4 is 10.6 Å². The summed E-state index contributed by atoms with van der Waals surface area (Å²) in [7, 11) is 1.74. The van der Waals surface area contributed by atoms with Gasteiger partial charge in [0.25, 0.3) is 0 Å². The van der Waals surface area contributed by atoms with E-state index in [1.54, 1.807) is 7.11 Å². The highest BCUT2D eigenvalue weighted by molar-refractivity contribution is 5.44. The van der Waals surface area contributed by atoms with Crippen molar-refractivity contribution in [2.45, 2.75) is 52.6 Å². The van der Waals surface area contributed by atoms with E-state index in [1.165, 1.54) is 0 Å². The minimum Gasteiger partial charge on any atom is -0.383 e. The van der Waals surface area contributed by atoms with E-state index >= 15 is 0 Å². The fourth-order valence-corrected chi connectivity index (χ4v) is 2.25. The average molecular weight is 279 g/mol. The molecule has 1 heterocycles. The van der Waals surface area contributed by atoms with Gasteiger partial charge in [0.15, 0.2) is 0 Å².